The van der Waals surface area contributed by atoms with E-state index in [1.807, 2.05) is 0 Å². The summed E-state index contributed by atoms with van der Waals surface area (Å²) in [6.45, 7) is 0. The van der Waals surface area contributed by atoms with Gasteiger partial charge in [-0.15, -0.1) is 0 Å². The lowest BCUT2D eigenvalue weighted by atomic mass is 9.87. The molecule has 15 heavy (non-hydrogen) atoms. The molecule has 0 aromatic rings. The molecular weight excluding hydrogens is 190 g/mol. The van der Waals surface area contributed by atoms with Crippen LogP contribution in [0.25, 0.3) is 0 Å². The third-order valence-electron chi connectivity index (χ3n) is 3.70. The van der Waals surface area contributed by atoms with Gasteiger partial charge in [0.2, 0.25) is 6.41 Å². The van der Waals surface area contributed by atoms with E-state index in [-0.39, 0.29) is 0 Å². The van der Waals surface area contributed by atoms with Gasteiger partial charge in [-0.25, -0.2) is 0 Å². The Balaban J connectivity index is 2.19. The number of rotatable bonds is 3. The zero-order valence-corrected chi connectivity index (χ0v) is 8.91. The summed E-state index contributed by atoms with van der Waals surface area (Å²) < 4.78 is 0. The van der Waals surface area contributed by atoms with E-state index in [9.17, 15) is 4.79 Å². The summed E-state index contributed by atoms with van der Waals surface area (Å²) in [5.41, 5.74) is 5.12. The van der Waals surface area contributed by atoms with Crippen LogP contribution in [0.4, 0.5) is 0 Å². The minimum Gasteiger partial charge on any atom is -0.309 e. The topological polar surface area (TPSA) is 70.1 Å². The van der Waals surface area contributed by atoms with Crippen molar-refractivity contribution < 1.29 is 4.79 Å². The predicted molar refractivity (Wildman–Crippen MR) is 55.5 cm³/mol. The van der Waals surface area contributed by atoms with Crippen molar-refractivity contribution in [2.24, 2.45) is 5.73 Å². The van der Waals surface area contributed by atoms with E-state index in [4.69, 9.17) is 11.0 Å². The first-order valence-electron chi connectivity index (χ1n) is 5.62. The van der Waals surface area contributed by atoms with E-state index in [2.05, 4.69) is 6.07 Å². The van der Waals surface area contributed by atoms with Gasteiger partial charge in [0.05, 0.1) is 11.7 Å². The van der Waals surface area contributed by atoms with Gasteiger partial charge in [-0.05, 0) is 38.5 Å². The molecule has 2 saturated carbocycles. The maximum absolute atomic E-state index is 11.1. The monoisotopic (exact) mass is 207 g/mol. The Morgan fingerprint density at radius 3 is 2.20 bits per heavy atom. The van der Waals surface area contributed by atoms with Gasteiger partial charge in [0.25, 0.3) is 0 Å². The fourth-order valence-corrected chi connectivity index (χ4v) is 2.56. The van der Waals surface area contributed by atoms with Crippen LogP contribution < -0.4 is 5.73 Å². The van der Waals surface area contributed by atoms with Crippen LogP contribution in [0.2, 0.25) is 0 Å². The van der Waals surface area contributed by atoms with Gasteiger partial charge in [0.15, 0.2) is 0 Å². The number of carbonyl (C=O) groups is 1. The quantitative estimate of drug-likeness (QED) is 0.557. The molecule has 2 rings (SSSR count). The average Bonchev–Trinajstić information content (AvgIpc) is 3.01. The van der Waals surface area contributed by atoms with Crippen molar-refractivity contribution in [2.45, 2.75) is 56.1 Å². The number of nitrogens with zero attached hydrogens (tertiary/aromatic N) is 2. The molecule has 4 heteroatoms. The summed E-state index contributed by atoms with van der Waals surface area (Å²) in [6.07, 6.45) is 7.30. The zero-order valence-electron chi connectivity index (χ0n) is 8.91. The van der Waals surface area contributed by atoms with Crippen LogP contribution in [-0.4, -0.2) is 22.5 Å². The lowest BCUT2D eigenvalue weighted by molar-refractivity contribution is -0.128. The Hall–Kier alpha value is -1.08. The van der Waals surface area contributed by atoms with Crippen LogP contribution in [0.15, 0.2) is 0 Å². The summed E-state index contributed by atoms with van der Waals surface area (Å²) in [5, 5.41) is 9.10. The number of nitriles is 1. The third-order valence-corrected chi connectivity index (χ3v) is 3.70. The molecule has 2 aliphatic carbocycles. The maximum atomic E-state index is 11.1. The average molecular weight is 207 g/mol. The highest BCUT2D eigenvalue weighted by Crippen LogP contribution is 2.45. The molecule has 2 aliphatic rings. The molecule has 2 fully saturated rings. The minimum absolute atomic E-state index is 0.563. The Morgan fingerprint density at radius 2 is 1.80 bits per heavy atom. The molecule has 1 amide bonds. The van der Waals surface area contributed by atoms with Gasteiger partial charge in [-0.3, -0.25) is 4.79 Å². The molecule has 0 bridgehead atoms. The molecule has 4 nitrogen and oxygen atoms in total. The first-order valence-corrected chi connectivity index (χ1v) is 5.62. The number of hydrogen-bond acceptors (Lipinski definition) is 3. The van der Waals surface area contributed by atoms with Crippen LogP contribution >= 0.6 is 0 Å². The Morgan fingerprint density at radius 1 is 1.20 bits per heavy atom. The fourth-order valence-electron chi connectivity index (χ4n) is 2.56. The molecular formula is C11H17N3O. The standard InChI is InChI=1S/C11H17N3O/c12-8-10(6-7-10)14(9-15)11(13)4-2-1-3-5-11/h9H,1-7,13H2. The van der Waals surface area contributed by atoms with Crippen molar-refractivity contribution in [1.29, 1.82) is 5.26 Å². The van der Waals surface area contributed by atoms with Gasteiger partial charge in [0, 0.05) is 0 Å². The number of amides is 1. The Kier molecular flexibility index (Phi) is 2.43. The van der Waals surface area contributed by atoms with E-state index < -0.39 is 11.2 Å². The molecule has 2 N–H and O–H groups in total. The molecule has 0 saturated heterocycles. The highest BCUT2D eigenvalue weighted by atomic mass is 16.1. The number of hydrogen-bond donors (Lipinski definition) is 1. The van der Waals surface area contributed by atoms with Crippen LogP contribution in [0.1, 0.15) is 44.9 Å². The summed E-state index contributed by atoms with van der Waals surface area (Å²) in [4.78, 5) is 12.7. The number of nitrogens with two attached hydrogens (primary N) is 1. The molecule has 0 aromatic carbocycles. The van der Waals surface area contributed by atoms with E-state index in [0.29, 0.717) is 0 Å². The second-order valence-electron chi connectivity index (χ2n) is 4.78. The Bertz CT molecular complexity index is 297. The molecule has 0 aliphatic heterocycles. The Labute approximate surface area is 90.0 Å². The highest BCUT2D eigenvalue weighted by Gasteiger charge is 2.54. The number of carbonyl (C=O) groups excluding carboxylic acids is 1. The highest BCUT2D eigenvalue weighted by molar-refractivity contribution is 5.54. The van der Waals surface area contributed by atoms with E-state index in [1.54, 1.807) is 4.90 Å². The van der Waals surface area contributed by atoms with Gasteiger partial charge in [-0.1, -0.05) is 6.42 Å². The third kappa shape index (κ3) is 1.61. The van der Waals surface area contributed by atoms with Gasteiger partial charge < -0.3 is 10.6 Å². The predicted octanol–water partition coefficient (Wildman–Crippen LogP) is 1.12. The molecule has 0 aromatic heterocycles. The largest absolute Gasteiger partial charge is 0.309 e. The minimum atomic E-state index is -0.576. The van der Waals surface area contributed by atoms with Gasteiger partial charge >= 0.3 is 0 Å². The van der Waals surface area contributed by atoms with Crippen LogP contribution in [0.5, 0.6) is 0 Å². The summed E-state index contributed by atoms with van der Waals surface area (Å²) in [6, 6.07) is 2.24. The molecule has 0 atom stereocenters. The van der Waals surface area contributed by atoms with Crippen LogP contribution in [0.3, 0.4) is 0 Å². The summed E-state index contributed by atoms with van der Waals surface area (Å²) in [5.74, 6) is 0. The van der Waals surface area contributed by atoms with Crippen molar-refractivity contribution in [3.05, 3.63) is 0 Å². The van der Waals surface area contributed by atoms with Crippen molar-refractivity contribution in [3.63, 3.8) is 0 Å². The van der Waals surface area contributed by atoms with E-state index >= 15 is 0 Å². The molecule has 0 unspecified atom stereocenters. The normalized spacial score (nSPS) is 26.4. The maximum Gasteiger partial charge on any atom is 0.212 e. The van der Waals surface area contributed by atoms with Crippen molar-refractivity contribution in [2.75, 3.05) is 0 Å². The lowest BCUT2D eigenvalue weighted by Gasteiger charge is -2.43. The zero-order chi connectivity index (χ0) is 10.9. The van der Waals surface area contributed by atoms with Crippen LogP contribution in [-0.2, 0) is 4.79 Å². The first-order chi connectivity index (χ1) is 7.17. The second kappa shape index (κ2) is 3.49. The van der Waals surface area contributed by atoms with E-state index in [1.165, 1.54) is 6.42 Å². The van der Waals surface area contributed by atoms with Crippen molar-refractivity contribution in [3.8, 4) is 6.07 Å². The van der Waals surface area contributed by atoms with Crippen LogP contribution in [0, 0.1) is 11.3 Å². The second-order valence-corrected chi connectivity index (χ2v) is 4.78. The van der Waals surface area contributed by atoms with E-state index in [0.717, 1.165) is 44.9 Å². The SMILES string of the molecule is N#CC1(N(C=O)C2(N)CCCCC2)CC1. The van der Waals surface area contributed by atoms with Crippen molar-refractivity contribution in [1.82, 2.24) is 4.90 Å². The van der Waals surface area contributed by atoms with Crippen molar-refractivity contribution >= 4 is 6.41 Å². The molecule has 82 valence electrons. The summed E-state index contributed by atoms with van der Waals surface area (Å²) in [7, 11) is 0. The van der Waals surface area contributed by atoms with Gasteiger partial charge in [-0.2, -0.15) is 5.26 Å². The van der Waals surface area contributed by atoms with Gasteiger partial charge in [0.1, 0.15) is 5.54 Å². The fraction of sp³-hybridized carbons (Fsp3) is 0.818. The molecule has 0 radical (unpaired) electrons. The first kappa shape index (κ1) is 10.4. The lowest BCUT2D eigenvalue weighted by Crippen LogP contribution is -2.60. The smallest absolute Gasteiger partial charge is 0.212 e. The summed E-state index contributed by atoms with van der Waals surface area (Å²) >= 11 is 0. The molecule has 0 heterocycles. The molecule has 0 spiro atoms.